The molecule has 1 saturated heterocycles. The summed E-state index contributed by atoms with van der Waals surface area (Å²) >= 11 is 12.0. The lowest BCUT2D eigenvalue weighted by molar-refractivity contribution is 0.315. The highest BCUT2D eigenvalue weighted by Gasteiger charge is 2.12. The van der Waals surface area contributed by atoms with Gasteiger partial charge in [0.15, 0.2) is 5.96 Å². The quantitative estimate of drug-likeness (QED) is 0.257. The zero-order valence-electron chi connectivity index (χ0n) is 17.7. The van der Waals surface area contributed by atoms with E-state index in [1.165, 1.54) is 44.5 Å². The number of nitrogens with zero attached hydrogens (tertiary/aromatic N) is 3. The molecule has 31 heavy (non-hydrogen) atoms. The van der Waals surface area contributed by atoms with Crippen molar-refractivity contribution < 1.29 is 0 Å². The van der Waals surface area contributed by atoms with E-state index in [9.17, 15) is 0 Å². The van der Waals surface area contributed by atoms with E-state index in [0.717, 1.165) is 35.1 Å². The van der Waals surface area contributed by atoms with E-state index in [4.69, 9.17) is 28.9 Å². The lowest BCUT2D eigenvalue weighted by Gasteiger charge is -2.24. The molecule has 172 valence electrons. The van der Waals surface area contributed by atoms with Crippen molar-refractivity contribution in [1.29, 1.82) is 0 Å². The maximum absolute atomic E-state index is 6.39. The zero-order chi connectivity index (χ0) is 20.5. The number of likely N-dealkylation sites (tertiary alicyclic amines) is 1. The first kappa shape index (κ1) is 27.9. The Bertz CT molecular complexity index is 775. The molecular formula is C23H32Cl4N4. The van der Waals surface area contributed by atoms with E-state index in [1.54, 1.807) is 0 Å². The molecule has 0 spiro atoms. The van der Waals surface area contributed by atoms with Gasteiger partial charge >= 0.3 is 0 Å². The van der Waals surface area contributed by atoms with Crippen LogP contribution in [0.15, 0.2) is 53.5 Å². The van der Waals surface area contributed by atoms with E-state index in [0.29, 0.717) is 12.5 Å². The van der Waals surface area contributed by atoms with E-state index in [-0.39, 0.29) is 24.8 Å². The van der Waals surface area contributed by atoms with Gasteiger partial charge in [0.2, 0.25) is 0 Å². The molecule has 0 aliphatic carbocycles. The third-order valence-corrected chi connectivity index (χ3v) is 5.80. The molecule has 0 bridgehead atoms. The van der Waals surface area contributed by atoms with Gasteiger partial charge in [-0.1, -0.05) is 47.5 Å². The number of hydrogen-bond acceptors (Lipinski definition) is 2. The van der Waals surface area contributed by atoms with Crippen LogP contribution in [0.4, 0.5) is 0 Å². The molecule has 1 heterocycles. The minimum atomic E-state index is 0. The van der Waals surface area contributed by atoms with Crippen molar-refractivity contribution in [3.63, 3.8) is 0 Å². The summed E-state index contributed by atoms with van der Waals surface area (Å²) in [5.41, 5.74) is 8.67. The lowest BCUT2D eigenvalue weighted by atomic mass is 10.2. The smallest absolute Gasteiger partial charge is 0.191 e. The predicted octanol–water partition coefficient (Wildman–Crippen LogP) is 6.03. The van der Waals surface area contributed by atoms with Gasteiger partial charge < -0.3 is 15.5 Å². The topological polar surface area (TPSA) is 44.9 Å². The summed E-state index contributed by atoms with van der Waals surface area (Å²) in [6, 6.07) is 15.7. The molecule has 2 aromatic rings. The summed E-state index contributed by atoms with van der Waals surface area (Å²) in [4.78, 5) is 9.36. The minimum absolute atomic E-state index is 0. The molecule has 2 aromatic carbocycles. The van der Waals surface area contributed by atoms with Crippen LogP contribution in [0.2, 0.25) is 10.0 Å². The number of halogens is 4. The fourth-order valence-electron chi connectivity index (χ4n) is 3.59. The number of nitrogens with two attached hydrogens (primary N) is 1. The van der Waals surface area contributed by atoms with Crippen LogP contribution < -0.4 is 5.73 Å². The third kappa shape index (κ3) is 9.88. The first-order valence-electron chi connectivity index (χ1n) is 10.4. The Kier molecular flexibility index (Phi) is 13.3. The second-order valence-electron chi connectivity index (χ2n) is 7.60. The van der Waals surface area contributed by atoms with Gasteiger partial charge in [-0.05, 0) is 80.7 Å². The van der Waals surface area contributed by atoms with Crippen molar-refractivity contribution in [2.75, 3.05) is 26.2 Å². The average molecular weight is 506 g/mol. The monoisotopic (exact) mass is 504 g/mol. The van der Waals surface area contributed by atoms with Crippen molar-refractivity contribution >= 4 is 54.0 Å². The van der Waals surface area contributed by atoms with Crippen molar-refractivity contribution in [2.24, 2.45) is 10.7 Å². The number of unbranched alkanes of at least 4 members (excludes halogenated alkanes) is 1. The highest BCUT2D eigenvalue weighted by molar-refractivity contribution is 6.30. The summed E-state index contributed by atoms with van der Waals surface area (Å²) < 4.78 is 0. The number of guanidine groups is 1. The molecule has 0 saturated carbocycles. The first-order valence-corrected chi connectivity index (χ1v) is 11.1. The van der Waals surface area contributed by atoms with Crippen LogP contribution in [0.3, 0.4) is 0 Å². The summed E-state index contributed by atoms with van der Waals surface area (Å²) in [5.74, 6) is 0.580. The Morgan fingerprint density at radius 3 is 2.00 bits per heavy atom. The molecule has 2 N–H and O–H groups in total. The van der Waals surface area contributed by atoms with E-state index in [1.807, 2.05) is 48.5 Å². The second-order valence-corrected chi connectivity index (χ2v) is 8.48. The molecule has 1 aliphatic heterocycles. The van der Waals surface area contributed by atoms with Gasteiger partial charge in [0.1, 0.15) is 0 Å². The van der Waals surface area contributed by atoms with Gasteiger partial charge in [-0.2, -0.15) is 0 Å². The van der Waals surface area contributed by atoms with Gasteiger partial charge in [-0.25, -0.2) is 4.99 Å². The summed E-state index contributed by atoms with van der Waals surface area (Å²) in [5, 5.41) is 1.48. The molecule has 0 unspecified atom stereocenters. The van der Waals surface area contributed by atoms with E-state index < -0.39 is 0 Å². The summed E-state index contributed by atoms with van der Waals surface area (Å²) in [6.45, 7) is 5.85. The van der Waals surface area contributed by atoms with Crippen LogP contribution in [0.5, 0.6) is 0 Å². The molecule has 4 nitrogen and oxygen atoms in total. The molecule has 3 rings (SSSR count). The van der Waals surface area contributed by atoms with Crippen molar-refractivity contribution in [1.82, 2.24) is 9.80 Å². The fourth-order valence-corrected chi connectivity index (χ4v) is 3.84. The Labute approximate surface area is 208 Å². The van der Waals surface area contributed by atoms with Crippen LogP contribution in [0, 0.1) is 0 Å². The Hall–Kier alpha value is -1.17. The number of rotatable bonds is 9. The summed E-state index contributed by atoms with van der Waals surface area (Å²) in [7, 11) is 0. The van der Waals surface area contributed by atoms with Gasteiger partial charge in [-0.15, -0.1) is 24.8 Å². The van der Waals surface area contributed by atoms with Gasteiger partial charge in [0.05, 0.1) is 6.54 Å². The molecule has 1 fully saturated rings. The van der Waals surface area contributed by atoms with E-state index >= 15 is 0 Å². The van der Waals surface area contributed by atoms with Gasteiger partial charge in [0, 0.05) is 23.1 Å². The maximum atomic E-state index is 6.39. The molecule has 8 heteroatoms. The molecule has 1 aliphatic rings. The lowest BCUT2D eigenvalue weighted by Crippen LogP contribution is -2.38. The highest BCUT2D eigenvalue weighted by atomic mass is 35.5. The van der Waals surface area contributed by atoms with Crippen LogP contribution in [-0.4, -0.2) is 41.9 Å². The van der Waals surface area contributed by atoms with Crippen molar-refractivity contribution in [2.45, 2.75) is 38.8 Å². The van der Waals surface area contributed by atoms with Gasteiger partial charge in [0.25, 0.3) is 0 Å². The highest BCUT2D eigenvalue weighted by Crippen LogP contribution is 2.14. The third-order valence-electron chi connectivity index (χ3n) is 5.30. The fraction of sp³-hybridized carbons (Fsp3) is 0.435. The predicted molar refractivity (Wildman–Crippen MR) is 138 cm³/mol. The molecule has 0 aromatic heterocycles. The summed E-state index contributed by atoms with van der Waals surface area (Å²) in [6.07, 6.45) is 4.96. The number of hydrogen-bond donors (Lipinski definition) is 1. The van der Waals surface area contributed by atoms with Crippen LogP contribution in [-0.2, 0) is 13.1 Å². The largest absolute Gasteiger partial charge is 0.370 e. The molecule has 0 amide bonds. The molecule has 0 atom stereocenters. The Morgan fingerprint density at radius 1 is 0.871 bits per heavy atom. The second kappa shape index (κ2) is 14.8. The van der Waals surface area contributed by atoms with E-state index in [2.05, 4.69) is 14.8 Å². The Morgan fingerprint density at radius 2 is 1.42 bits per heavy atom. The average Bonchev–Trinajstić information content (AvgIpc) is 3.24. The first-order chi connectivity index (χ1) is 14.1. The van der Waals surface area contributed by atoms with Crippen LogP contribution in [0.1, 0.15) is 36.8 Å². The van der Waals surface area contributed by atoms with Crippen LogP contribution >= 0.6 is 48.0 Å². The Balaban J connectivity index is 0.00000240. The minimum Gasteiger partial charge on any atom is -0.370 e. The van der Waals surface area contributed by atoms with Crippen molar-refractivity contribution in [3.8, 4) is 0 Å². The SMILES string of the molecule is Cl.Cl.NC(=NCc1ccc(Cl)cc1)N(CCCCN1CCCC1)Cc1ccc(Cl)cc1. The van der Waals surface area contributed by atoms with Gasteiger partial charge in [-0.3, -0.25) is 0 Å². The van der Waals surface area contributed by atoms with Crippen molar-refractivity contribution in [3.05, 3.63) is 69.7 Å². The normalized spacial score (nSPS) is 14.1. The molecular weight excluding hydrogens is 474 g/mol. The molecule has 0 radical (unpaired) electrons. The van der Waals surface area contributed by atoms with Crippen LogP contribution in [0.25, 0.3) is 0 Å². The standard InChI is InChI=1S/C23H30Cl2N4.2ClH/c24-21-9-5-19(6-10-21)17-27-23(26)29(18-20-7-11-22(25)12-8-20)16-4-3-15-28-13-1-2-14-28;;/h5-12H,1-4,13-18H2,(H2,26,27);2*1H. The zero-order valence-corrected chi connectivity index (χ0v) is 20.8. The number of aliphatic imine (C=N–C) groups is 1. The number of benzene rings is 2. The maximum Gasteiger partial charge on any atom is 0.191 e.